The van der Waals surface area contributed by atoms with Crippen molar-refractivity contribution in [3.05, 3.63) is 23.9 Å². The van der Waals surface area contributed by atoms with E-state index in [4.69, 9.17) is 9.84 Å². The van der Waals surface area contributed by atoms with Crippen molar-refractivity contribution < 1.29 is 19.4 Å². The zero-order valence-electron chi connectivity index (χ0n) is 10.7. The molecule has 1 fully saturated rings. The summed E-state index contributed by atoms with van der Waals surface area (Å²) in [5.74, 6) is -0.802. The minimum Gasteiger partial charge on any atom is -0.481 e. The number of esters is 1. The molecule has 1 aliphatic rings. The van der Waals surface area contributed by atoms with Crippen LogP contribution in [-0.4, -0.2) is 41.7 Å². The van der Waals surface area contributed by atoms with E-state index in [0.29, 0.717) is 17.9 Å². The summed E-state index contributed by atoms with van der Waals surface area (Å²) in [6.07, 6.45) is 3.61. The fourth-order valence-corrected chi connectivity index (χ4v) is 1.96. The molecule has 0 amide bonds. The molecule has 1 aromatic heterocycles. The number of aliphatic carboxylic acids is 1. The van der Waals surface area contributed by atoms with Gasteiger partial charge in [0.2, 0.25) is 0 Å². The summed E-state index contributed by atoms with van der Waals surface area (Å²) in [5.41, 5.74) is 0.377. The quantitative estimate of drug-likeness (QED) is 0.780. The van der Waals surface area contributed by atoms with Gasteiger partial charge in [0.25, 0.3) is 0 Å². The van der Waals surface area contributed by atoms with Crippen LogP contribution in [0.5, 0.6) is 0 Å². The minimum absolute atomic E-state index is 0.0215. The number of anilines is 1. The van der Waals surface area contributed by atoms with Crippen molar-refractivity contribution in [3.63, 3.8) is 0 Å². The molecule has 1 saturated carbocycles. The van der Waals surface area contributed by atoms with Crippen LogP contribution in [0, 0.1) is 0 Å². The fourth-order valence-electron chi connectivity index (χ4n) is 1.96. The standard InChI is InChI=1S/C13H16N2O4/c1-19-13(18)10-3-2-7-14-12(10)15(9-4-5-9)8-6-11(16)17/h2-3,7,9H,4-6,8H2,1H3,(H,16,17). The molecule has 102 valence electrons. The van der Waals surface area contributed by atoms with E-state index < -0.39 is 11.9 Å². The maximum Gasteiger partial charge on any atom is 0.341 e. The lowest BCUT2D eigenvalue weighted by Gasteiger charge is -2.24. The lowest BCUT2D eigenvalue weighted by molar-refractivity contribution is -0.136. The van der Waals surface area contributed by atoms with Crippen LogP contribution in [0.25, 0.3) is 0 Å². The zero-order valence-corrected chi connectivity index (χ0v) is 10.7. The second-order valence-corrected chi connectivity index (χ2v) is 4.43. The third-order valence-electron chi connectivity index (χ3n) is 3.02. The topological polar surface area (TPSA) is 79.7 Å². The number of methoxy groups -OCH3 is 1. The van der Waals surface area contributed by atoms with E-state index in [0.717, 1.165) is 12.8 Å². The molecule has 0 unspecified atom stereocenters. The molecule has 1 aliphatic carbocycles. The van der Waals surface area contributed by atoms with Crippen molar-refractivity contribution in [2.24, 2.45) is 0 Å². The van der Waals surface area contributed by atoms with Gasteiger partial charge in [-0.15, -0.1) is 0 Å². The Kier molecular flexibility index (Phi) is 3.99. The van der Waals surface area contributed by atoms with E-state index in [1.807, 2.05) is 4.90 Å². The van der Waals surface area contributed by atoms with Gasteiger partial charge < -0.3 is 14.7 Å². The van der Waals surface area contributed by atoms with Crippen molar-refractivity contribution in [3.8, 4) is 0 Å². The van der Waals surface area contributed by atoms with Gasteiger partial charge in [0.1, 0.15) is 11.4 Å². The van der Waals surface area contributed by atoms with E-state index in [9.17, 15) is 9.59 Å². The third kappa shape index (κ3) is 3.21. The summed E-state index contributed by atoms with van der Waals surface area (Å²) < 4.78 is 4.73. The van der Waals surface area contributed by atoms with E-state index >= 15 is 0 Å². The number of carbonyl (C=O) groups is 2. The van der Waals surface area contributed by atoms with Crippen molar-refractivity contribution >= 4 is 17.8 Å². The summed E-state index contributed by atoms with van der Waals surface area (Å²) in [6, 6.07) is 3.58. The molecule has 0 atom stereocenters. The molecule has 1 heterocycles. The first kappa shape index (κ1) is 13.3. The van der Waals surface area contributed by atoms with Crippen molar-refractivity contribution in [1.82, 2.24) is 4.98 Å². The number of carboxylic acids is 1. The van der Waals surface area contributed by atoms with E-state index in [-0.39, 0.29) is 12.5 Å². The summed E-state index contributed by atoms with van der Waals surface area (Å²) in [7, 11) is 1.32. The molecule has 0 saturated heterocycles. The van der Waals surface area contributed by atoms with Crippen LogP contribution >= 0.6 is 0 Å². The van der Waals surface area contributed by atoms with Crippen LogP contribution in [0.15, 0.2) is 18.3 Å². The molecule has 0 bridgehead atoms. The number of pyridine rings is 1. The number of hydrogen-bond donors (Lipinski definition) is 1. The molecule has 6 heteroatoms. The zero-order chi connectivity index (χ0) is 13.8. The van der Waals surface area contributed by atoms with Gasteiger partial charge in [-0.05, 0) is 25.0 Å². The average molecular weight is 264 g/mol. The number of rotatable bonds is 6. The van der Waals surface area contributed by atoms with Crippen LogP contribution in [0.3, 0.4) is 0 Å². The Balaban J connectivity index is 2.25. The first-order valence-electron chi connectivity index (χ1n) is 6.15. The Morgan fingerprint density at radius 3 is 2.84 bits per heavy atom. The van der Waals surface area contributed by atoms with Gasteiger partial charge in [0.15, 0.2) is 0 Å². The molecular formula is C13H16N2O4. The lowest BCUT2D eigenvalue weighted by Crippen LogP contribution is -2.31. The third-order valence-corrected chi connectivity index (χ3v) is 3.02. The Morgan fingerprint density at radius 2 is 2.26 bits per heavy atom. The number of carbonyl (C=O) groups excluding carboxylic acids is 1. The molecular weight excluding hydrogens is 248 g/mol. The predicted octanol–water partition coefficient (Wildman–Crippen LogP) is 1.31. The first-order valence-corrected chi connectivity index (χ1v) is 6.15. The van der Waals surface area contributed by atoms with Crippen LogP contribution < -0.4 is 4.90 Å². The number of nitrogens with zero attached hydrogens (tertiary/aromatic N) is 2. The van der Waals surface area contributed by atoms with Crippen LogP contribution in [-0.2, 0) is 9.53 Å². The largest absolute Gasteiger partial charge is 0.481 e. The van der Waals surface area contributed by atoms with Crippen molar-refractivity contribution in [1.29, 1.82) is 0 Å². The van der Waals surface area contributed by atoms with E-state index in [2.05, 4.69) is 4.98 Å². The van der Waals surface area contributed by atoms with Gasteiger partial charge >= 0.3 is 11.9 Å². The monoisotopic (exact) mass is 264 g/mol. The maximum atomic E-state index is 11.7. The van der Waals surface area contributed by atoms with Gasteiger partial charge in [0, 0.05) is 18.8 Å². The van der Waals surface area contributed by atoms with E-state index in [1.54, 1.807) is 18.3 Å². The summed E-state index contributed by atoms with van der Waals surface area (Å²) in [6.45, 7) is 0.348. The Bertz CT molecular complexity index is 485. The normalized spacial score (nSPS) is 13.9. The highest BCUT2D eigenvalue weighted by atomic mass is 16.5. The first-order chi connectivity index (χ1) is 9.13. The number of hydrogen-bond acceptors (Lipinski definition) is 5. The fraction of sp³-hybridized carbons (Fsp3) is 0.462. The summed E-state index contributed by atoms with van der Waals surface area (Å²) >= 11 is 0. The SMILES string of the molecule is COC(=O)c1cccnc1N(CCC(=O)O)C1CC1. The summed E-state index contributed by atoms with van der Waals surface area (Å²) in [4.78, 5) is 28.5. The highest BCUT2D eigenvalue weighted by Gasteiger charge is 2.32. The molecule has 6 nitrogen and oxygen atoms in total. The van der Waals surface area contributed by atoms with Crippen LogP contribution in [0.1, 0.15) is 29.6 Å². The molecule has 19 heavy (non-hydrogen) atoms. The number of carboxylic acid groups (broad SMARTS) is 1. The Morgan fingerprint density at radius 1 is 1.53 bits per heavy atom. The summed E-state index contributed by atoms with van der Waals surface area (Å²) in [5, 5.41) is 8.80. The Hall–Kier alpha value is -2.11. The number of aromatic nitrogens is 1. The van der Waals surface area contributed by atoms with Crippen molar-refractivity contribution in [2.75, 3.05) is 18.6 Å². The maximum absolute atomic E-state index is 11.7. The smallest absolute Gasteiger partial charge is 0.341 e. The van der Waals surface area contributed by atoms with Gasteiger partial charge in [-0.2, -0.15) is 0 Å². The van der Waals surface area contributed by atoms with Gasteiger partial charge in [-0.1, -0.05) is 0 Å². The van der Waals surface area contributed by atoms with E-state index in [1.165, 1.54) is 7.11 Å². The highest BCUT2D eigenvalue weighted by Crippen LogP contribution is 2.32. The van der Waals surface area contributed by atoms with Gasteiger partial charge in [-0.3, -0.25) is 4.79 Å². The Labute approximate surface area is 111 Å². The molecule has 1 N–H and O–H groups in total. The van der Waals surface area contributed by atoms with Gasteiger partial charge in [-0.25, -0.2) is 9.78 Å². The number of ether oxygens (including phenoxy) is 1. The predicted molar refractivity (Wildman–Crippen MR) is 68.2 cm³/mol. The van der Waals surface area contributed by atoms with Crippen LogP contribution in [0.2, 0.25) is 0 Å². The van der Waals surface area contributed by atoms with Gasteiger partial charge in [0.05, 0.1) is 13.5 Å². The second-order valence-electron chi connectivity index (χ2n) is 4.43. The second kappa shape index (κ2) is 5.69. The minimum atomic E-state index is -0.860. The van der Waals surface area contributed by atoms with Crippen LogP contribution in [0.4, 0.5) is 5.82 Å². The average Bonchev–Trinajstić information content (AvgIpc) is 3.23. The molecule has 1 aromatic rings. The highest BCUT2D eigenvalue weighted by molar-refractivity contribution is 5.94. The molecule has 0 aromatic carbocycles. The molecule has 0 aliphatic heterocycles. The molecule has 2 rings (SSSR count). The lowest BCUT2D eigenvalue weighted by atomic mass is 10.2. The molecule has 0 spiro atoms. The molecule has 0 radical (unpaired) electrons. The van der Waals surface area contributed by atoms with Crippen molar-refractivity contribution in [2.45, 2.75) is 25.3 Å².